The van der Waals surface area contributed by atoms with Crippen molar-refractivity contribution in [2.45, 2.75) is 82.1 Å². The van der Waals surface area contributed by atoms with Crippen LogP contribution in [0.15, 0.2) is 77.7 Å². The van der Waals surface area contributed by atoms with Crippen molar-refractivity contribution < 1.29 is 9.59 Å². The number of nitrogens with one attached hydrogen (secondary N) is 1. The Balaban J connectivity index is 1.04. The van der Waals surface area contributed by atoms with E-state index in [4.69, 9.17) is 0 Å². The van der Waals surface area contributed by atoms with Gasteiger partial charge in [-0.2, -0.15) is 0 Å². The smallest absolute Gasteiger partial charge is 0.327 e. The molecule has 1 N–H and O–H groups in total. The second-order valence-electron chi connectivity index (χ2n) is 15.6. The van der Waals surface area contributed by atoms with E-state index in [0.29, 0.717) is 44.2 Å². The third kappa shape index (κ3) is 7.74. The summed E-state index contributed by atoms with van der Waals surface area (Å²) in [4.78, 5) is 56.8. The lowest BCUT2D eigenvalue weighted by Crippen LogP contribution is -2.42. The molecule has 5 heterocycles. The van der Waals surface area contributed by atoms with Gasteiger partial charge in [-0.3, -0.25) is 24.0 Å². The first-order chi connectivity index (χ1) is 24.6. The van der Waals surface area contributed by atoms with Crippen molar-refractivity contribution >= 4 is 40.4 Å². The predicted molar refractivity (Wildman–Crippen MR) is 205 cm³/mol. The van der Waals surface area contributed by atoms with E-state index < -0.39 is 5.25 Å². The number of aromatic amines is 1. The van der Waals surface area contributed by atoms with Crippen molar-refractivity contribution in [1.82, 2.24) is 29.2 Å². The fourth-order valence-corrected chi connectivity index (χ4v) is 9.46. The third-order valence-electron chi connectivity index (χ3n) is 10.9. The van der Waals surface area contributed by atoms with Gasteiger partial charge < -0.3 is 14.7 Å². The number of piperidine rings is 1. The summed E-state index contributed by atoms with van der Waals surface area (Å²) in [6.07, 6.45) is 5.19. The van der Waals surface area contributed by atoms with Crippen molar-refractivity contribution in [3.05, 3.63) is 94.5 Å². The van der Waals surface area contributed by atoms with Crippen molar-refractivity contribution in [3.63, 3.8) is 0 Å². The van der Waals surface area contributed by atoms with Gasteiger partial charge in [-0.15, -0.1) is 11.8 Å². The van der Waals surface area contributed by atoms with Gasteiger partial charge in [0.05, 0.1) is 10.8 Å². The van der Waals surface area contributed by atoms with Gasteiger partial charge >= 0.3 is 5.69 Å². The van der Waals surface area contributed by atoms with Gasteiger partial charge in [-0.05, 0) is 54.9 Å². The van der Waals surface area contributed by atoms with Crippen LogP contribution < -0.4 is 10.6 Å². The van der Waals surface area contributed by atoms with Gasteiger partial charge in [0.15, 0.2) is 5.65 Å². The van der Waals surface area contributed by atoms with Crippen LogP contribution in [0.5, 0.6) is 0 Å². The number of amides is 2. The molecule has 3 aliphatic heterocycles. The Morgan fingerprint density at radius 1 is 0.961 bits per heavy atom. The van der Waals surface area contributed by atoms with Crippen molar-refractivity contribution in [2.24, 2.45) is 5.41 Å². The fraction of sp³-hybridized carbons (Fsp3) is 0.500. The number of nitrogens with zero attached hydrogens (tertiary/aromatic N) is 6. The number of imidazole rings is 1. The lowest BCUT2D eigenvalue weighted by molar-refractivity contribution is -0.136. The molecule has 2 aromatic carbocycles. The van der Waals surface area contributed by atoms with E-state index in [1.54, 1.807) is 22.5 Å². The normalized spacial score (nSPS) is 22.0. The Morgan fingerprint density at radius 2 is 1.71 bits per heavy atom. The third-order valence-corrected chi connectivity index (χ3v) is 12.4. The minimum atomic E-state index is -0.436. The number of fused-ring (bicyclic) bond motifs is 1. The molecule has 270 valence electrons. The molecule has 2 aromatic heterocycles. The largest absolute Gasteiger partial charge is 0.370 e. The highest BCUT2D eigenvalue weighted by Gasteiger charge is 2.44. The number of likely N-dealkylation sites (tertiary alicyclic amines) is 2. The van der Waals surface area contributed by atoms with Crippen LogP contribution in [0.25, 0.3) is 11.2 Å². The van der Waals surface area contributed by atoms with Crippen LogP contribution in [0.2, 0.25) is 0 Å². The van der Waals surface area contributed by atoms with E-state index >= 15 is 0 Å². The molecule has 10 nitrogen and oxygen atoms in total. The highest BCUT2D eigenvalue weighted by molar-refractivity contribution is 8.01. The molecular formula is C40H51N7O3S. The lowest BCUT2D eigenvalue weighted by atomic mass is 9.92. The summed E-state index contributed by atoms with van der Waals surface area (Å²) in [5.74, 6) is 0.0706. The molecule has 2 amide bonds. The zero-order valence-corrected chi connectivity index (χ0v) is 31.1. The molecule has 0 saturated carbocycles. The van der Waals surface area contributed by atoms with Crippen molar-refractivity contribution in [1.29, 1.82) is 0 Å². The molecule has 4 aromatic rings. The monoisotopic (exact) mass is 709 g/mol. The van der Waals surface area contributed by atoms with Gasteiger partial charge in [-0.1, -0.05) is 69.3 Å². The van der Waals surface area contributed by atoms with E-state index in [1.165, 1.54) is 5.56 Å². The van der Waals surface area contributed by atoms with E-state index in [9.17, 15) is 14.4 Å². The molecule has 0 radical (unpaired) electrons. The Morgan fingerprint density at radius 3 is 2.47 bits per heavy atom. The van der Waals surface area contributed by atoms with E-state index in [1.807, 2.05) is 21.9 Å². The van der Waals surface area contributed by atoms with Crippen LogP contribution in [-0.2, 0) is 16.1 Å². The number of benzene rings is 2. The number of pyridine rings is 1. The zero-order valence-electron chi connectivity index (χ0n) is 30.3. The minimum Gasteiger partial charge on any atom is -0.370 e. The molecule has 0 bridgehead atoms. The number of para-hydroxylation sites is 1. The quantitative estimate of drug-likeness (QED) is 0.214. The number of rotatable bonds is 10. The molecule has 3 saturated heterocycles. The van der Waals surface area contributed by atoms with E-state index in [-0.39, 0.29) is 40.8 Å². The SMILES string of the molecule is CN(c1ccccc1C1SC(CC(=O)N2CCC(n3c(=O)[nH]c4ncccc43)CC2)C(=O)N1CCC(C)(C)C)[C@@H]1CCN(Cc2ccccc2)C1. The van der Waals surface area contributed by atoms with Crippen LogP contribution in [0, 0.1) is 5.41 Å². The molecule has 2 unspecified atom stereocenters. The average molecular weight is 710 g/mol. The summed E-state index contributed by atoms with van der Waals surface area (Å²) in [6, 6.07) is 23.3. The maximum absolute atomic E-state index is 14.2. The number of H-pyrrole nitrogens is 1. The molecule has 0 spiro atoms. The summed E-state index contributed by atoms with van der Waals surface area (Å²) in [7, 11) is 2.20. The van der Waals surface area contributed by atoms with E-state index in [0.717, 1.165) is 49.2 Å². The van der Waals surface area contributed by atoms with Crippen LogP contribution in [0.4, 0.5) is 5.69 Å². The Hall–Kier alpha value is -4.09. The number of anilines is 1. The molecule has 51 heavy (non-hydrogen) atoms. The van der Waals surface area contributed by atoms with E-state index in [2.05, 4.69) is 102 Å². The molecule has 3 fully saturated rings. The Kier molecular flexibility index (Phi) is 10.3. The first kappa shape index (κ1) is 35.3. The average Bonchev–Trinajstić information content (AvgIpc) is 3.82. The predicted octanol–water partition coefficient (Wildman–Crippen LogP) is 6.07. The minimum absolute atomic E-state index is 0.00182. The van der Waals surface area contributed by atoms with Crippen molar-refractivity contribution in [3.8, 4) is 0 Å². The maximum Gasteiger partial charge on any atom is 0.327 e. The van der Waals surface area contributed by atoms with Gasteiger partial charge in [0, 0.05) is 82.3 Å². The Bertz CT molecular complexity index is 1890. The van der Waals surface area contributed by atoms with Crippen LogP contribution in [0.3, 0.4) is 0 Å². The molecule has 0 aliphatic carbocycles. The molecule has 7 rings (SSSR count). The number of hydrogen-bond donors (Lipinski definition) is 1. The first-order valence-corrected chi connectivity index (χ1v) is 19.4. The maximum atomic E-state index is 14.2. The summed E-state index contributed by atoms with van der Waals surface area (Å²) < 4.78 is 1.79. The second kappa shape index (κ2) is 14.9. The van der Waals surface area contributed by atoms with Crippen molar-refractivity contribution in [2.75, 3.05) is 44.7 Å². The highest BCUT2D eigenvalue weighted by atomic mass is 32.2. The number of hydrogen-bond acceptors (Lipinski definition) is 7. The van der Waals surface area contributed by atoms with Gasteiger partial charge in [0.2, 0.25) is 11.8 Å². The van der Waals surface area contributed by atoms with Gasteiger partial charge in [-0.25, -0.2) is 9.78 Å². The van der Waals surface area contributed by atoms with Crippen LogP contribution in [-0.4, -0.2) is 92.1 Å². The standard InChI is InChI=1S/C40H51N7O3S/c1-40(2,3)19-24-46-37(49)34(25-35(48)45-22-17-29(18-23-45)47-33-15-10-20-41-36(33)42-39(47)50)51-38(46)31-13-8-9-14-32(31)43(4)30-16-21-44(27-30)26-28-11-6-5-7-12-28/h5-15,20,29-30,34,38H,16-19,21-27H2,1-4H3,(H,41,42,50)/t30-,34?,38?/m1/s1. The summed E-state index contributed by atoms with van der Waals surface area (Å²) in [6.45, 7) is 11.4. The number of thioether (sulfide) groups is 1. The number of likely N-dealkylation sites (N-methyl/N-ethyl adjacent to an activating group) is 1. The van der Waals surface area contributed by atoms with Crippen LogP contribution >= 0.6 is 11.8 Å². The lowest BCUT2D eigenvalue weighted by Gasteiger charge is -2.33. The number of carbonyl (C=O) groups is 2. The van der Waals surface area contributed by atoms with Gasteiger partial charge in [0.25, 0.3) is 0 Å². The second-order valence-corrected chi connectivity index (χ2v) is 16.9. The number of carbonyl (C=O) groups excluding carboxylic acids is 2. The molecule has 3 aliphatic rings. The molecular weight excluding hydrogens is 659 g/mol. The molecule has 11 heteroatoms. The number of aromatic nitrogens is 3. The zero-order chi connectivity index (χ0) is 35.7. The molecule has 3 atom stereocenters. The summed E-state index contributed by atoms with van der Waals surface area (Å²) in [5.41, 5.74) is 4.93. The highest BCUT2D eigenvalue weighted by Crippen LogP contribution is 2.48. The van der Waals surface area contributed by atoms with Gasteiger partial charge in [0.1, 0.15) is 5.37 Å². The summed E-state index contributed by atoms with van der Waals surface area (Å²) in [5, 5.41) is -0.597. The van der Waals surface area contributed by atoms with Crippen LogP contribution in [0.1, 0.15) is 75.4 Å². The topological polar surface area (TPSA) is 97.8 Å². The first-order valence-electron chi connectivity index (χ1n) is 18.4. The summed E-state index contributed by atoms with van der Waals surface area (Å²) >= 11 is 1.64. The fourth-order valence-electron chi connectivity index (χ4n) is 7.96. The Labute approximate surface area is 305 Å².